The molecule has 6 heteroatoms. The fourth-order valence-electron chi connectivity index (χ4n) is 1.74. The number of aromatic nitrogens is 1. The fourth-order valence-corrected chi connectivity index (χ4v) is 2.98. The van der Waals surface area contributed by atoms with Gasteiger partial charge in [0, 0.05) is 4.47 Å². The Morgan fingerprint density at radius 2 is 1.80 bits per heavy atom. The first kappa shape index (κ1) is 13.1. The molecular formula is C14H10BrN3OS. The fraction of sp³-hybridized carbons (Fsp3) is 0. The van der Waals surface area contributed by atoms with Gasteiger partial charge in [0.05, 0.1) is 15.9 Å². The third-order valence-corrected chi connectivity index (χ3v) is 4.28. The number of urea groups is 1. The maximum absolute atomic E-state index is 11.9. The Kier molecular flexibility index (Phi) is 3.66. The number of fused-ring (bicyclic) bond motifs is 1. The number of thiazole rings is 1. The maximum atomic E-state index is 11.9. The Balaban J connectivity index is 1.74. The molecular weight excluding hydrogens is 338 g/mol. The summed E-state index contributed by atoms with van der Waals surface area (Å²) >= 11 is 4.83. The number of amides is 2. The monoisotopic (exact) mass is 347 g/mol. The number of hydrogen-bond acceptors (Lipinski definition) is 3. The number of carbonyl (C=O) groups excluding carboxylic acids is 1. The van der Waals surface area contributed by atoms with Crippen LogP contribution in [0.1, 0.15) is 0 Å². The lowest BCUT2D eigenvalue weighted by atomic mass is 10.3. The van der Waals surface area contributed by atoms with Gasteiger partial charge in [0.25, 0.3) is 0 Å². The Morgan fingerprint density at radius 1 is 1.05 bits per heavy atom. The summed E-state index contributed by atoms with van der Waals surface area (Å²) in [5.41, 5.74) is 1.60. The number of nitrogens with one attached hydrogen (secondary N) is 2. The van der Waals surface area contributed by atoms with Gasteiger partial charge in [-0.15, -0.1) is 0 Å². The first-order valence-electron chi connectivity index (χ1n) is 5.90. The van der Waals surface area contributed by atoms with Crippen LogP contribution in [0, 0.1) is 0 Å². The normalized spacial score (nSPS) is 10.4. The second kappa shape index (κ2) is 5.60. The van der Waals surface area contributed by atoms with E-state index in [4.69, 9.17) is 0 Å². The minimum atomic E-state index is -0.309. The van der Waals surface area contributed by atoms with Crippen LogP contribution in [-0.2, 0) is 0 Å². The molecule has 4 nitrogen and oxygen atoms in total. The first-order valence-corrected chi connectivity index (χ1v) is 7.51. The van der Waals surface area contributed by atoms with E-state index in [-0.39, 0.29) is 6.03 Å². The van der Waals surface area contributed by atoms with Crippen molar-refractivity contribution in [1.29, 1.82) is 0 Å². The van der Waals surface area contributed by atoms with Crippen molar-refractivity contribution in [2.75, 3.05) is 10.6 Å². The van der Waals surface area contributed by atoms with Crippen molar-refractivity contribution in [3.63, 3.8) is 0 Å². The van der Waals surface area contributed by atoms with E-state index in [1.54, 1.807) is 0 Å². The lowest BCUT2D eigenvalue weighted by molar-refractivity contribution is 0.262. The van der Waals surface area contributed by atoms with Crippen molar-refractivity contribution < 1.29 is 4.79 Å². The van der Waals surface area contributed by atoms with Crippen molar-refractivity contribution in [3.05, 3.63) is 53.0 Å². The molecule has 0 saturated carbocycles. The third-order valence-electron chi connectivity index (χ3n) is 2.64. The second-order valence-corrected chi connectivity index (χ2v) is 5.93. The van der Waals surface area contributed by atoms with E-state index < -0.39 is 0 Å². The first-order chi connectivity index (χ1) is 9.72. The Labute approximate surface area is 128 Å². The zero-order chi connectivity index (χ0) is 13.9. The zero-order valence-corrected chi connectivity index (χ0v) is 12.7. The quantitative estimate of drug-likeness (QED) is 0.705. The summed E-state index contributed by atoms with van der Waals surface area (Å²) < 4.78 is 1.88. The van der Waals surface area contributed by atoms with Crippen LogP contribution >= 0.6 is 27.3 Å². The topological polar surface area (TPSA) is 54.0 Å². The van der Waals surface area contributed by atoms with Crippen LogP contribution in [0.15, 0.2) is 53.0 Å². The highest BCUT2D eigenvalue weighted by Gasteiger charge is 2.08. The molecule has 0 atom stereocenters. The van der Waals surface area contributed by atoms with Crippen molar-refractivity contribution in [1.82, 2.24) is 4.98 Å². The highest BCUT2D eigenvalue weighted by molar-refractivity contribution is 9.10. The van der Waals surface area contributed by atoms with Crippen LogP contribution in [0.5, 0.6) is 0 Å². The SMILES string of the molecule is O=C(Nc1nc2ccccc2s1)Nc1ccccc1Br. The van der Waals surface area contributed by atoms with Gasteiger partial charge in [0.15, 0.2) is 5.13 Å². The second-order valence-electron chi connectivity index (χ2n) is 4.05. The Hall–Kier alpha value is -1.92. The van der Waals surface area contributed by atoms with E-state index in [1.165, 1.54) is 11.3 Å². The molecule has 0 aliphatic carbocycles. The molecule has 0 saturated heterocycles. The molecule has 0 bridgehead atoms. The summed E-state index contributed by atoms with van der Waals surface area (Å²) in [7, 11) is 0. The summed E-state index contributed by atoms with van der Waals surface area (Å²) in [5.74, 6) is 0. The molecule has 0 fully saturated rings. The number of halogens is 1. The third kappa shape index (κ3) is 2.81. The average molecular weight is 348 g/mol. The van der Waals surface area contributed by atoms with Crippen LogP contribution < -0.4 is 10.6 Å². The average Bonchev–Trinajstić information content (AvgIpc) is 2.83. The molecule has 0 radical (unpaired) electrons. The van der Waals surface area contributed by atoms with Gasteiger partial charge in [0.2, 0.25) is 0 Å². The van der Waals surface area contributed by atoms with Crippen LogP contribution in [-0.4, -0.2) is 11.0 Å². The largest absolute Gasteiger partial charge is 0.325 e. The summed E-state index contributed by atoms with van der Waals surface area (Å²) in [6, 6.07) is 14.9. The molecule has 2 amide bonds. The van der Waals surface area contributed by atoms with Crippen LogP contribution in [0.3, 0.4) is 0 Å². The number of hydrogen-bond donors (Lipinski definition) is 2. The van der Waals surface area contributed by atoms with E-state index in [0.717, 1.165) is 14.7 Å². The standard InChI is InChI=1S/C14H10BrN3OS/c15-9-5-1-2-6-10(9)16-13(19)18-14-17-11-7-3-4-8-12(11)20-14/h1-8H,(H2,16,17,18,19). The molecule has 1 heterocycles. The molecule has 100 valence electrons. The maximum Gasteiger partial charge on any atom is 0.325 e. The van der Waals surface area contributed by atoms with E-state index >= 15 is 0 Å². The summed E-state index contributed by atoms with van der Waals surface area (Å²) in [4.78, 5) is 16.3. The smallest absolute Gasteiger partial charge is 0.307 e. The minimum absolute atomic E-state index is 0.309. The van der Waals surface area contributed by atoms with Gasteiger partial charge >= 0.3 is 6.03 Å². The summed E-state index contributed by atoms with van der Waals surface area (Å²) in [6.07, 6.45) is 0. The van der Waals surface area contributed by atoms with E-state index in [9.17, 15) is 4.79 Å². The zero-order valence-electron chi connectivity index (χ0n) is 10.3. The van der Waals surface area contributed by atoms with Gasteiger partial charge in [0.1, 0.15) is 0 Å². The van der Waals surface area contributed by atoms with Gasteiger partial charge in [-0.1, -0.05) is 35.6 Å². The molecule has 0 aliphatic rings. The van der Waals surface area contributed by atoms with Gasteiger partial charge in [-0.05, 0) is 40.2 Å². The van der Waals surface area contributed by atoms with Gasteiger partial charge in [-0.2, -0.15) is 0 Å². The molecule has 1 aromatic heterocycles. The van der Waals surface area contributed by atoms with E-state index in [2.05, 4.69) is 31.5 Å². The molecule has 0 aliphatic heterocycles. The van der Waals surface area contributed by atoms with Gasteiger partial charge in [-0.3, -0.25) is 5.32 Å². The van der Waals surface area contributed by atoms with Crippen LogP contribution in [0.2, 0.25) is 0 Å². The molecule has 3 rings (SSSR count). The van der Waals surface area contributed by atoms with Gasteiger partial charge < -0.3 is 5.32 Å². The number of benzene rings is 2. The van der Waals surface area contributed by atoms with E-state index in [1.807, 2.05) is 48.5 Å². The molecule has 0 spiro atoms. The molecule has 2 aromatic carbocycles. The van der Waals surface area contributed by atoms with Crippen molar-refractivity contribution >= 4 is 54.3 Å². The predicted octanol–water partition coefficient (Wildman–Crippen LogP) is 4.70. The molecule has 20 heavy (non-hydrogen) atoms. The minimum Gasteiger partial charge on any atom is -0.307 e. The van der Waals surface area contributed by atoms with E-state index in [0.29, 0.717) is 10.8 Å². The number of nitrogens with zero attached hydrogens (tertiary/aromatic N) is 1. The predicted molar refractivity (Wildman–Crippen MR) is 86.4 cm³/mol. The number of rotatable bonds is 2. The molecule has 3 aromatic rings. The Morgan fingerprint density at radius 3 is 2.60 bits per heavy atom. The number of anilines is 2. The molecule has 2 N–H and O–H groups in total. The highest BCUT2D eigenvalue weighted by Crippen LogP contribution is 2.26. The van der Waals surface area contributed by atoms with Crippen molar-refractivity contribution in [2.45, 2.75) is 0 Å². The summed E-state index contributed by atoms with van der Waals surface area (Å²) in [6.45, 7) is 0. The van der Waals surface area contributed by atoms with Crippen LogP contribution in [0.25, 0.3) is 10.2 Å². The lowest BCUT2D eigenvalue weighted by Crippen LogP contribution is -2.19. The number of carbonyl (C=O) groups is 1. The lowest BCUT2D eigenvalue weighted by Gasteiger charge is -2.06. The van der Waals surface area contributed by atoms with Crippen molar-refractivity contribution in [2.24, 2.45) is 0 Å². The molecule has 0 unspecified atom stereocenters. The Bertz CT molecular complexity index is 739. The highest BCUT2D eigenvalue weighted by atomic mass is 79.9. The number of para-hydroxylation sites is 2. The van der Waals surface area contributed by atoms with Gasteiger partial charge in [-0.25, -0.2) is 9.78 Å². The van der Waals surface area contributed by atoms with Crippen molar-refractivity contribution in [3.8, 4) is 0 Å². The van der Waals surface area contributed by atoms with Crippen LogP contribution in [0.4, 0.5) is 15.6 Å². The summed E-state index contributed by atoms with van der Waals surface area (Å²) in [5, 5.41) is 6.10.